The lowest BCUT2D eigenvalue weighted by Crippen LogP contribution is -2.24. The van der Waals surface area contributed by atoms with Crippen molar-refractivity contribution < 1.29 is 19.2 Å². The molecule has 0 saturated carbocycles. The van der Waals surface area contributed by atoms with Gasteiger partial charge in [0, 0.05) is 25.5 Å². The number of non-ortho nitro benzene ring substituents is 1. The van der Waals surface area contributed by atoms with Gasteiger partial charge in [0.2, 0.25) is 5.91 Å². The van der Waals surface area contributed by atoms with Gasteiger partial charge in [-0.3, -0.25) is 14.9 Å². The molecule has 2 heterocycles. The molecular formula is C28H26N6O5. The van der Waals surface area contributed by atoms with E-state index in [9.17, 15) is 14.9 Å². The van der Waals surface area contributed by atoms with Gasteiger partial charge in [0.15, 0.2) is 0 Å². The molecule has 5 rings (SSSR count). The first-order valence-corrected chi connectivity index (χ1v) is 12.3. The summed E-state index contributed by atoms with van der Waals surface area (Å²) in [6, 6.07) is 21.4. The normalized spacial score (nSPS) is 14.7. The number of hydrazone groups is 1. The van der Waals surface area contributed by atoms with Crippen LogP contribution in [-0.2, 0) is 17.9 Å². The second-order valence-electron chi connectivity index (χ2n) is 9.05. The number of amides is 1. The monoisotopic (exact) mass is 526 g/mol. The Labute approximate surface area is 224 Å². The first-order valence-electron chi connectivity index (χ1n) is 12.3. The molecule has 0 N–H and O–H groups in total. The lowest BCUT2D eigenvalue weighted by molar-refractivity contribution is -0.384. The predicted molar refractivity (Wildman–Crippen MR) is 142 cm³/mol. The van der Waals surface area contributed by atoms with Crippen LogP contribution < -0.4 is 9.47 Å². The zero-order valence-corrected chi connectivity index (χ0v) is 21.4. The van der Waals surface area contributed by atoms with Gasteiger partial charge < -0.3 is 9.47 Å². The van der Waals surface area contributed by atoms with Gasteiger partial charge in [-0.25, -0.2) is 9.69 Å². The van der Waals surface area contributed by atoms with Crippen molar-refractivity contribution in [1.82, 2.24) is 20.0 Å². The van der Waals surface area contributed by atoms with Crippen molar-refractivity contribution in [3.63, 3.8) is 0 Å². The van der Waals surface area contributed by atoms with Crippen LogP contribution in [0, 0.1) is 10.1 Å². The number of hydrogen-bond acceptors (Lipinski definition) is 8. The minimum Gasteiger partial charge on any atom is -0.497 e. The average Bonchev–Trinajstić information content (AvgIpc) is 3.60. The minimum atomic E-state index is -0.428. The molecule has 0 saturated heterocycles. The van der Waals surface area contributed by atoms with E-state index in [0.717, 1.165) is 28.2 Å². The molecule has 0 fully saturated rings. The van der Waals surface area contributed by atoms with Crippen LogP contribution in [0.5, 0.6) is 11.5 Å². The number of carbonyl (C=O) groups is 1. The van der Waals surface area contributed by atoms with E-state index < -0.39 is 4.92 Å². The van der Waals surface area contributed by atoms with Gasteiger partial charge in [0.1, 0.15) is 23.8 Å². The van der Waals surface area contributed by atoms with E-state index in [4.69, 9.17) is 9.47 Å². The van der Waals surface area contributed by atoms with Gasteiger partial charge in [0.25, 0.3) is 5.69 Å². The van der Waals surface area contributed by atoms with Crippen LogP contribution in [-0.4, -0.2) is 43.7 Å². The average molecular weight is 527 g/mol. The van der Waals surface area contributed by atoms with E-state index in [2.05, 4.69) is 15.4 Å². The fourth-order valence-electron chi connectivity index (χ4n) is 4.35. The zero-order valence-electron chi connectivity index (χ0n) is 21.4. The molecule has 0 aliphatic carbocycles. The Hall–Kier alpha value is -5.06. The standard InChI is InChI=1S/C28H26N6O5/c1-19(35)33-28(22-7-11-25(38-2)12-8-22)15-27(30-33)21-5-13-26(14-6-21)39-18-23-17-32(31-29-23)16-20-3-9-24(10-4-20)34(36)37/h3-14,17,28H,15-16,18H2,1-2H3. The molecule has 4 aromatic rings. The molecule has 1 amide bonds. The largest absolute Gasteiger partial charge is 0.497 e. The molecule has 198 valence electrons. The zero-order chi connectivity index (χ0) is 27.4. The first-order chi connectivity index (χ1) is 18.9. The van der Waals surface area contributed by atoms with Crippen LogP contribution in [0.15, 0.2) is 84.1 Å². The molecular weight excluding hydrogens is 500 g/mol. The van der Waals surface area contributed by atoms with E-state index in [1.54, 1.807) is 30.1 Å². The van der Waals surface area contributed by atoms with Crippen molar-refractivity contribution in [2.75, 3.05) is 7.11 Å². The smallest absolute Gasteiger partial charge is 0.269 e. The predicted octanol–water partition coefficient (Wildman–Crippen LogP) is 4.52. The van der Waals surface area contributed by atoms with Gasteiger partial charge in [0.05, 0.1) is 36.5 Å². The third-order valence-corrected chi connectivity index (χ3v) is 6.39. The number of nitro groups is 1. The highest BCUT2D eigenvalue weighted by Crippen LogP contribution is 2.34. The van der Waals surface area contributed by atoms with Crippen LogP contribution >= 0.6 is 0 Å². The summed E-state index contributed by atoms with van der Waals surface area (Å²) in [5, 5.41) is 25.2. The van der Waals surface area contributed by atoms with Crippen molar-refractivity contribution in [2.24, 2.45) is 5.10 Å². The van der Waals surface area contributed by atoms with Gasteiger partial charge >= 0.3 is 0 Å². The van der Waals surface area contributed by atoms with Crippen LogP contribution in [0.4, 0.5) is 5.69 Å². The summed E-state index contributed by atoms with van der Waals surface area (Å²) in [6.45, 7) is 2.19. The second kappa shape index (κ2) is 11.1. The Bertz CT molecular complexity index is 1500. The molecule has 0 radical (unpaired) electrons. The molecule has 3 aromatic carbocycles. The highest BCUT2D eigenvalue weighted by molar-refractivity contribution is 6.03. The number of nitro benzene ring substituents is 1. The molecule has 1 atom stereocenters. The van der Waals surface area contributed by atoms with Gasteiger partial charge in [-0.15, -0.1) is 5.10 Å². The van der Waals surface area contributed by atoms with Crippen molar-refractivity contribution in [3.05, 3.63) is 111 Å². The number of rotatable bonds is 9. The Morgan fingerprint density at radius 3 is 2.36 bits per heavy atom. The maximum atomic E-state index is 12.3. The van der Waals surface area contributed by atoms with Gasteiger partial charge in [-0.1, -0.05) is 29.5 Å². The quantitative estimate of drug-likeness (QED) is 0.232. The Morgan fingerprint density at radius 2 is 1.72 bits per heavy atom. The topological polar surface area (TPSA) is 125 Å². The summed E-state index contributed by atoms with van der Waals surface area (Å²) >= 11 is 0. The van der Waals surface area contributed by atoms with E-state index in [-0.39, 0.29) is 24.2 Å². The maximum Gasteiger partial charge on any atom is 0.269 e. The third-order valence-electron chi connectivity index (χ3n) is 6.39. The maximum absolute atomic E-state index is 12.3. The number of methoxy groups -OCH3 is 1. The molecule has 1 aliphatic rings. The number of carbonyl (C=O) groups excluding carboxylic acids is 1. The fraction of sp³-hybridized carbons (Fsp3) is 0.214. The van der Waals surface area contributed by atoms with E-state index >= 15 is 0 Å². The summed E-state index contributed by atoms with van der Waals surface area (Å²) in [5.74, 6) is 1.31. The fourth-order valence-corrected chi connectivity index (χ4v) is 4.35. The van der Waals surface area contributed by atoms with E-state index in [1.807, 2.05) is 48.5 Å². The van der Waals surface area contributed by atoms with Crippen LogP contribution in [0.3, 0.4) is 0 Å². The summed E-state index contributed by atoms with van der Waals surface area (Å²) in [4.78, 5) is 22.7. The van der Waals surface area contributed by atoms with Crippen molar-refractivity contribution in [3.8, 4) is 11.5 Å². The number of aromatic nitrogens is 3. The summed E-state index contributed by atoms with van der Waals surface area (Å²) in [6.07, 6.45) is 2.38. The van der Waals surface area contributed by atoms with Gasteiger partial charge in [-0.05, 0) is 53.1 Å². The SMILES string of the molecule is COc1ccc(C2CC(c3ccc(OCc4cn(Cc5ccc([N+](=O)[O-])cc5)nn4)cc3)=NN2C(C)=O)cc1. The van der Waals surface area contributed by atoms with Crippen molar-refractivity contribution >= 4 is 17.3 Å². The Morgan fingerprint density at radius 1 is 1.03 bits per heavy atom. The molecule has 39 heavy (non-hydrogen) atoms. The first kappa shape index (κ1) is 25.6. The second-order valence-corrected chi connectivity index (χ2v) is 9.05. The lowest BCUT2D eigenvalue weighted by atomic mass is 9.98. The number of ether oxygens (including phenoxy) is 2. The Kier molecular flexibility index (Phi) is 7.30. The highest BCUT2D eigenvalue weighted by Gasteiger charge is 2.31. The minimum absolute atomic E-state index is 0.0469. The molecule has 1 unspecified atom stereocenters. The van der Waals surface area contributed by atoms with Crippen LogP contribution in [0.1, 0.15) is 41.8 Å². The molecule has 0 bridgehead atoms. The molecule has 0 spiro atoms. The van der Waals surface area contributed by atoms with Crippen LogP contribution in [0.25, 0.3) is 0 Å². The summed E-state index contributed by atoms with van der Waals surface area (Å²) < 4.78 is 12.8. The lowest BCUT2D eigenvalue weighted by Gasteiger charge is -2.20. The Balaban J connectivity index is 1.19. The van der Waals surface area contributed by atoms with Crippen molar-refractivity contribution in [1.29, 1.82) is 0 Å². The number of benzene rings is 3. The molecule has 1 aromatic heterocycles. The molecule has 11 nitrogen and oxygen atoms in total. The summed E-state index contributed by atoms with van der Waals surface area (Å²) in [5.41, 5.74) is 4.31. The van der Waals surface area contributed by atoms with Gasteiger partial charge in [-0.2, -0.15) is 5.10 Å². The number of hydrogen-bond donors (Lipinski definition) is 0. The highest BCUT2D eigenvalue weighted by atomic mass is 16.6. The van der Waals surface area contributed by atoms with E-state index in [1.165, 1.54) is 24.1 Å². The molecule has 11 heteroatoms. The van der Waals surface area contributed by atoms with Crippen LogP contribution in [0.2, 0.25) is 0 Å². The number of nitrogens with zero attached hydrogens (tertiary/aromatic N) is 6. The third kappa shape index (κ3) is 5.93. The molecule has 1 aliphatic heterocycles. The summed E-state index contributed by atoms with van der Waals surface area (Å²) in [7, 11) is 1.62. The van der Waals surface area contributed by atoms with E-state index in [0.29, 0.717) is 24.4 Å². The van der Waals surface area contributed by atoms with Crippen molar-refractivity contribution in [2.45, 2.75) is 32.5 Å².